The van der Waals surface area contributed by atoms with Crippen molar-refractivity contribution in [2.75, 3.05) is 5.32 Å². The molecule has 1 saturated carbocycles. The Balaban J connectivity index is 1.80. The first-order chi connectivity index (χ1) is 15.9. The minimum absolute atomic E-state index is 0.0423. The monoisotopic (exact) mass is 483 g/mol. The first kappa shape index (κ1) is 24.3. The lowest BCUT2D eigenvalue weighted by molar-refractivity contribution is 0.102. The third-order valence-electron chi connectivity index (χ3n) is 6.93. The number of hydrogen-bond acceptors (Lipinski definition) is 4. The Morgan fingerprint density at radius 3 is 2.06 bits per heavy atom. The molecule has 0 unspecified atom stereocenters. The van der Waals surface area contributed by atoms with Gasteiger partial charge in [0.25, 0.3) is 5.91 Å². The maximum absolute atomic E-state index is 13.7. The van der Waals surface area contributed by atoms with Crippen molar-refractivity contribution in [2.45, 2.75) is 68.4 Å². The molecule has 7 nitrogen and oxygen atoms in total. The van der Waals surface area contributed by atoms with Crippen molar-refractivity contribution in [1.29, 1.82) is 0 Å². The number of fused-ring (bicyclic) bond motifs is 1. The fourth-order valence-electron chi connectivity index (χ4n) is 4.73. The minimum atomic E-state index is -3.70. The Bertz CT molecular complexity index is 1400. The zero-order chi connectivity index (χ0) is 24.8. The number of imidazole rings is 1. The van der Waals surface area contributed by atoms with Gasteiger partial charge < -0.3 is 5.32 Å². The average molecular weight is 484 g/mol. The van der Waals surface area contributed by atoms with Crippen LogP contribution in [-0.4, -0.2) is 28.7 Å². The molecule has 8 heteroatoms. The van der Waals surface area contributed by atoms with E-state index in [0.717, 1.165) is 24.8 Å². The highest BCUT2D eigenvalue weighted by molar-refractivity contribution is 7.92. The number of amides is 1. The van der Waals surface area contributed by atoms with Crippen molar-refractivity contribution in [1.82, 2.24) is 9.13 Å². The number of aromatic nitrogens is 2. The molecule has 1 aliphatic rings. The summed E-state index contributed by atoms with van der Waals surface area (Å²) < 4.78 is 30.3. The molecule has 0 aliphatic heterocycles. The van der Waals surface area contributed by atoms with E-state index in [2.05, 4.69) is 26.1 Å². The molecule has 0 spiro atoms. The number of nitrogens with zero attached hydrogens (tertiary/aromatic N) is 2. The second-order valence-electron chi connectivity index (χ2n) is 10.3. The highest BCUT2D eigenvalue weighted by Gasteiger charge is 2.32. The molecule has 1 aromatic heterocycles. The van der Waals surface area contributed by atoms with Gasteiger partial charge in [0.15, 0.2) is 9.84 Å². The Morgan fingerprint density at radius 2 is 1.50 bits per heavy atom. The molecule has 0 radical (unpaired) electrons. The summed E-state index contributed by atoms with van der Waals surface area (Å²) >= 11 is 0. The lowest BCUT2D eigenvalue weighted by Gasteiger charge is -2.23. The van der Waals surface area contributed by atoms with Crippen LogP contribution in [0.3, 0.4) is 0 Å². The van der Waals surface area contributed by atoms with E-state index in [4.69, 9.17) is 0 Å². The molecule has 1 amide bonds. The van der Waals surface area contributed by atoms with Crippen LogP contribution in [-0.2, 0) is 29.3 Å². The number of carbonyl (C=O) groups is 1. The smallest absolute Gasteiger partial charge is 0.321 e. The van der Waals surface area contributed by atoms with Crippen LogP contribution < -0.4 is 11.0 Å². The second-order valence-corrected chi connectivity index (χ2v) is 12.5. The van der Waals surface area contributed by atoms with Crippen molar-refractivity contribution in [3.05, 3.63) is 58.0 Å². The Labute approximate surface area is 200 Å². The van der Waals surface area contributed by atoms with Gasteiger partial charge in [-0.1, -0.05) is 52.2 Å². The Hall–Kier alpha value is -2.87. The van der Waals surface area contributed by atoms with Crippen LogP contribution in [0.4, 0.5) is 5.69 Å². The number of benzene rings is 2. The molecule has 2 aromatic carbocycles. The molecule has 0 bridgehead atoms. The van der Waals surface area contributed by atoms with E-state index in [9.17, 15) is 18.0 Å². The zero-order valence-electron chi connectivity index (χ0n) is 20.5. The summed E-state index contributed by atoms with van der Waals surface area (Å²) in [5.41, 5.74) is 2.55. The van der Waals surface area contributed by atoms with E-state index in [0.29, 0.717) is 29.4 Å². The molecule has 182 valence electrons. The maximum atomic E-state index is 13.7. The molecular formula is C26H33N3O4S. The minimum Gasteiger partial charge on any atom is -0.321 e. The predicted molar refractivity (Wildman–Crippen MR) is 135 cm³/mol. The molecule has 3 aromatic rings. The molecule has 4 rings (SSSR count). The number of carbonyl (C=O) groups excluding carboxylic acids is 1. The zero-order valence-corrected chi connectivity index (χ0v) is 21.3. The quantitative estimate of drug-likeness (QED) is 0.590. The van der Waals surface area contributed by atoms with Crippen LogP contribution >= 0.6 is 0 Å². The largest absolute Gasteiger partial charge is 0.328 e. The Morgan fingerprint density at radius 1 is 0.941 bits per heavy atom. The summed E-state index contributed by atoms with van der Waals surface area (Å²) in [7, 11) is -0.440. The predicted octanol–water partition coefficient (Wildman–Crippen LogP) is 4.53. The van der Waals surface area contributed by atoms with E-state index in [-0.39, 0.29) is 27.6 Å². The summed E-state index contributed by atoms with van der Waals surface area (Å²) in [6.07, 6.45) is 3.99. The number of nitrogens with one attached hydrogen (secondary N) is 1. The molecule has 34 heavy (non-hydrogen) atoms. The summed E-state index contributed by atoms with van der Waals surface area (Å²) in [5.74, 6) is -0.388. The van der Waals surface area contributed by atoms with Gasteiger partial charge in [0, 0.05) is 19.7 Å². The molecule has 0 saturated heterocycles. The highest BCUT2D eigenvalue weighted by Crippen LogP contribution is 2.35. The maximum Gasteiger partial charge on any atom is 0.328 e. The molecule has 1 fully saturated rings. The number of aryl methyl sites for hydroxylation is 2. The SMILES string of the molecule is Cn1c(=O)n(C)c2cc(S(=O)(=O)C3CCCCC3)c(NC(=O)c3ccc(C(C)(C)C)cc3)cc21. The van der Waals surface area contributed by atoms with Crippen molar-refractivity contribution in [3.63, 3.8) is 0 Å². The van der Waals surface area contributed by atoms with Gasteiger partial charge in [-0.2, -0.15) is 0 Å². The summed E-state index contributed by atoms with van der Waals surface area (Å²) in [6.45, 7) is 6.30. The van der Waals surface area contributed by atoms with Gasteiger partial charge in [0.2, 0.25) is 0 Å². The topological polar surface area (TPSA) is 90.2 Å². The lowest BCUT2D eigenvalue weighted by Crippen LogP contribution is -2.25. The van der Waals surface area contributed by atoms with Crippen LogP contribution in [0, 0.1) is 0 Å². The van der Waals surface area contributed by atoms with E-state index in [1.807, 2.05) is 12.1 Å². The van der Waals surface area contributed by atoms with Crippen LogP contribution in [0.15, 0.2) is 46.1 Å². The fraction of sp³-hybridized carbons (Fsp3) is 0.462. The number of rotatable bonds is 4. The summed E-state index contributed by atoms with van der Waals surface area (Å²) in [6, 6.07) is 10.5. The van der Waals surface area contributed by atoms with Crippen molar-refractivity contribution >= 4 is 32.5 Å². The van der Waals surface area contributed by atoms with Crippen LogP contribution in [0.5, 0.6) is 0 Å². The van der Waals surface area contributed by atoms with Crippen LogP contribution in [0.25, 0.3) is 11.0 Å². The second kappa shape index (κ2) is 8.73. The molecular weight excluding hydrogens is 450 g/mol. The van der Waals surface area contributed by atoms with Gasteiger partial charge in [-0.05, 0) is 48.1 Å². The van der Waals surface area contributed by atoms with E-state index in [1.54, 1.807) is 38.4 Å². The van der Waals surface area contributed by atoms with Gasteiger partial charge in [-0.25, -0.2) is 13.2 Å². The molecule has 1 N–H and O–H groups in total. The van der Waals surface area contributed by atoms with Crippen LogP contribution in [0.2, 0.25) is 0 Å². The lowest BCUT2D eigenvalue weighted by atomic mass is 9.87. The number of sulfone groups is 1. The van der Waals surface area contributed by atoms with Gasteiger partial charge >= 0.3 is 5.69 Å². The van der Waals surface area contributed by atoms with Crippen molar-refractivity contribution in [2.24, 2.45) is 14.1 Å². The van der Waals surface area contributed by atoms with E-state index >= 15 is 0 Å². The third kappa shape index (κ3) is 4.31. The standard InChI is InChI=1S/C26H33N3O4S/c1-26(2,3)18-13-11-17(12-14-18)24(30)27-20-15-21-22(29(5)25(31)28(21)4)16-23(20)34(32,33)19-9-7-6-8-10-19/h11-16,19H,6-10H2,1-5H3,(H,27,30). The summed E-state index contributed by atoms with van der Waals surface area (Å²) in [5, 5.41) is 2.35. The first-order valence-electron chi connectivity index (χ1n) is 11.8. The van der Waals surface area contributed by atoms with Crippen molar-refractivity contribution in [3.8, 4) is 0 Å². The van der Waals surface area contributed by atoms with Crippen molar-refractivity contribution < 1.29 is 13.2 Å². The number of hydrogen-bond donors (Lipinski definition) is 1. The van der Waals surface area contributed by atoms with Gasteiger partial charge in [-0.3, -0.25) is 13.9 Å². The average Bonchev–Trinajstić information content (AvgIpc) is 3.02. The Kier molecular flexibility index (Phi) is 6.23. The van der Waals surface area contributed by atoms with Gasteiger partial charge in [0.05, 0.1) is 26.9 Å². The molecule has 0 atom stereocenters. The van der Waals surface area contributed by atoms with Gasteiger partial charge in [-0.15, -0.1) is 0 Å². The normalized spacial score (nSPS) is 15.6. The molecule has 1 aliphatic carbocycles. The fourth-order valence-corrected chi connectivity index (χ4v) is 6.74. The number of anilines is 1. The van der Waals surface area contributed by atoms with Crippen LogP contribution in [0.1, 0.15) is 68.8 Å². The van der Waals surface area contributed by atoms with E-state index in [1.165, 1.54) is 9.13 Å². The highest BCUT2D eigenvalue weighted by atomic mass is 32.2. The molecule has 1 heterocycles. The first-order valence-corrected chi connectivity index (χ1v) is 13.3. The van der Waals surface area contributed by atoms with Gasteiger partial charge in [0.1, 0.15) is 0 Å². The summed E-state index contributed by atoms with van der Waals surface area (Å²) in [4.78, 5) is 25.7. The van der Waals surface area contributed by atoms with E-state index < -0.39 is 15.1 Å². The third-order valence-corrected chi connectivity index (χ3v) is 9.23.